The van der Waals surface area contributed by atoms with Crippen LogP contribution in [0.2, 0.25) is 0 Å². The molecular weight excluding hydrogens is 300 g/mol. The molecule has 1 aliphatic heterocycles. The van der Waals surface area contributed by atoms with Crippen molar-refractivity contribution in [2.24, 2.45) is 34.5 Å². The van der Waals surface area contributed by atoms with Crippen LogP contribution < -0.4 is 0 Å². The van der Waals surface area contributed by atoms with Crippen molar-refractivity contribution >= 4 is 11.8 Å². The second-order valence-corrected chi connectivity index (χ2v) is 11.0. The van der Waals surface area contributed by atoms with E-state index < -0.39 is 0 Å². The first-order valence-electron chi connectivity index (χ1n) is 10.0. The zero-order valence-corrected chi connectivity index (χ0v) is 15.6. The van der Waals surface area contributed by atoms with E-state index in [9.17, 15) is 5.11 Å². The van der Waals surface area contributed by atoms with Crippen molar-refractivity contribution in [3.8, 4) is 0 Å². The lowest BCUT2D eigenvalue weighted by Gasteiger charge is -2.58. The summed E-state index contributed by atoms with van der Waals surface area (Å²) in [6.45, 7) is 5.21. The van der Waals surface area contributed by atoms with Gasteiger partial charge in [0.05, 0.1) is 6.10 Å². The summed E-state index contributed by atoms with van der Waals surface area (Å²) in [6, 6.07) is 0. The summed E-state index contributed by atoms with van der Waals surface area (Å²) in [6.07, 6.45) is 13.0. The first-order valence-corrected chi connectivity index (χ1v) is 11.1. The minimum atomic E-state index is -0.0671. The Bertz CT molecular complexity index is 538. The Balaban J connectivity index is 1.46. The molecule has 0 aromatic heterocycles. The van der Waals surface area contributed by atoms with Crippen LogP contribution in [0.3, 0.4) is 0 Å². The minimum Gasteiger partial charge on any atom is -0.393 e. The molecule has 1 saturated heterocycles. The Hall–Kier alpha value is 0.0500. The Morgan fingerprint density at radius 2 is 1.83 bits per heavy atom. The molecule has 0 amide bonds. The first-order chi connectivity index (χ1) is 11.0. The van der Waals surface area contributed by atoms with Crippen LogP contribution in [0.25, 0.3) is 0 Å². The van der Waals surface area contributed by atoms with E-state index in [0.717, 1.165) is 41.8 Å². The van der Waals surface area contributed by atoms with Crippen LogP contribution in [0.5, 0.6) is 0 Å². The summed E-state index contributed by atoms with van der Waals surface area (Å²) in [5.74, 6) is 5.28. The molecular formula is C21H32OS. The first kappa shape index (κ1) is 15.3. The summed E-state index contributed by atoms with van der Waals surface area (Å²) in [4.78, 5) is 0. The highest BCUT2D eigenvalue weighted by atomic mass is 32.2. The standard InChI is InChI=1S/C21H32OS/c1-20-9-7-14(22)11-13(20)3-4-15-16-5-6-18(19-12-23-19)21(16,2)10-8-17(15)20/h3,14-19,22H,4-12H2,1-2H3/t14-,15-,16-,17-,18+,19-,20-,21-/m0/s1. The number of fused-ring (bicyclic) bond motifs is 5. The number of rotatable bonds is 1. The van der Waals surface area contributed by atoms with Gasteiger partial charge < -0.3 is 5.11 Å². The predicted molar refractivity (Wildman–Crippen MR) is 97.4 cm³/mol. The molecule has 8 atom stereocenters. The Morgan fingerprint density at radius 3 is 2.61 bits per heavy atom. The van der Waals surface area contributed by atoms with E-state index in [-0.39, 0.29) is 6.10 Å². The van der Waals surface area contributed by atoms with Crippen LogP contribution in [-0.2, 0) is 0 Å². The lowest BCUT2D eigenvalue weighted by Crippen LogP contribution is -2.50. The van der Waals surface area contributed by atoms with Crippen LogP contribution in [0.4, 0.5) is 0 Å². The van der Waals surface area contributed by atoms with Gasteiger partial charge in [0.15, 0.2) is 0 Å². The fraction of sp³-hybridized carbons (Fsp3) is 0.905. The molecule has 1 N–H and O–H groups in total. The maximum atomic E-state index is 10.1. The van der Waals surface area contributed by atoms with E-state index in [4.69, 9.17) is 0 Å². The average molecular weight is 333 g/mol. The molecule has 1 nitrogen and oxygen atoms in total. The van der Waals surface area contributed by atoms with Gasteiger partial charge in [0.1, 0.15) is 0 Å². The van der Waals surface area contributed by atoms with Gasteiger partial charge in [-0.05, 0) is 85.9 Å². The molecule has 0 bridgehead atoms. The maximum absolute atomic E-state index is 10.1. The molecule has 0 radical (unpaired) electrons. The topological polar surface area (TPSA) is 20.2 Å². The molecule has 0 aromatic rings. The van der Waals surface area contributed by atoms with Gasteiger partial charge in [0.2, 0.25) is 0 Å². The Kier molecular flexibility index (Phi) is 3.35. The molecule has 23 heavy (non-hydrogen) atoms. The van der Waals surface area contributed by atoms with Gasteiger partial charge in [-0.1, -0.05) is 25.5 Å². The second-order valence-electron chi connectivity index (χ2n) is 9.76. The SMILES string of the molecule is C[C@]12CC[C@H]3[C@@H](CC=C4C[C@@H](O)CC[C@@]43C)[C@@H]1CC[C@@H]2[C@@H]1CS1. The van der Waals surface area contributed by atoms with Crippen molar-refractivity contribution < 1.29 is 5.11 Å². The molecule has 0 spiro atoms. The van der Waals surface area contributed by atoms with Gasteiger partial charge in [0.25, 0.3) is 0 Å². The number of hydrogen-bond acceptors (Lipinski definition) is 2. The molecule has 1 heterocycles. The zero-order valence-electron chi connectivity index (χ0n) is 14.8. The molecule has 128 valence electrons. The van der Waals surface area contributed by atoms with Crippen LogP contribution in [0.1, 0.15) is 65.2 Å². The lowest BCUT2D eigenvalue weighted by molar-refractivity contribution is -0.0485. The summed E-state index contributed by atoms with van der Waals surface area (Å²) in [5.41, 5.74) is 2.68. The van der Waals surface area contributed by atoms with Crippen molar-refractivity contribution in [3.05, 3.63) is 11.6 Å². The molecule has 0 aromatic carbocycles. The van der Waals surface area contributed by atoms with Gasteiger partial charge in [-0.25, -0.2) is 0 Å². The van der Waals surface area contributed by atoms with Crippen molar-refractivity contribution in [2.75, 3.05) is 5.75 Å². The van der Waals surface area contributed by atoms with Gasteiger partial charge >= 0.3 is 0 Å². The number of aliphatic hydroxyl groups excluding tert-OH is 1. The predicted octanol–water partition coefficient (Wildman–Crippen LogP) is 5.04. The van der Waals surface area contributed by atoms with Crippen LogP contribution in [0.15, 0.2) is 11.6 Å². The second kappa shape index (κ2) is 5.04. The van der Waals surface area contributed by atoms with Gasteiger partial charge in [-0.3, -0.25) is 0 Å². The highest BCUT2D eigenvalue weighted by Crippen LogP contribution is 2.68. The Morgan fingerprint density at radius 1 is 1.04 bits per heavy atom. The molecule has 4 aliphatic carbocycles. The van der Waals surface area contributed by atoms with E-state index >= 15 is 0 Å². The molecule has 4 fully saturated rings. The smallest absolute Gasteiger partial charge is 0.0577 e. The summed E-state index contributed by atoms with van der Waals surface area (Å²) in [7, 11) is 0. The minimum absolute atomic E-state index is 0.0671. The van der Waals surface area contributed by atoms with Crippen molar-refractivity contribution in [2.45, 2.75) is 76.6 Å². The van der Waals surface area contributed by atoms with Crippen molar-refractivity contribution in [1.82, 2.24) is 0 Å². The van der Waals surface area contributed by atoms with E-state index in [1.54, 1.807) is 5.57 Å². The highest BCUT2D eigenvalue weighted by molar-refractivity contribution is 8.06. The fourth-order valence-electron chi connectivity index (χ4n) is 7.58. The highest BCUT2D eigenvalue weighted by Gasteiger charge is 2.60. The zero-order chi connectivity index (χ0) is 15.8. The van der Waals surface area contributed by atoms with Gasteiger partial charge in [-0.15, -0.1) is 0 Å². The third-order valence-electron chi connectivity index (χ3n) is 8.96. The van der Waals surface area contributed by atoms with E-state index in [1.165, 1.54) is 44.3 Å². The van der Waals surface area contributed by atoms with E-state index in [2.05, 4.69) is 31.7 Å². The average Bonchev–Trinajstić information content (AvgIpc) is 3.29. The lowest BCUT2D eigenvalue weighted by atomic mass is 9.47. The summed E-state index contributed by atoms with van der Waals surface area (Å²) in [5, 5.41) is 11.1. The Labute approximate surface area is 145 Å². The van der Waals surface area contributed by atoms with Crippen LogP contribution >= 0.6 is 11.8 Å². The van der Waals surface area contributed by atoms with E-state index in [1.807, 2.05) is 0 Å². The van der Waals surface area contributed by atoms with Crippen molar-refractivity contribution in [3.63, 3.8) is 0 Å². The molecule has 5 rings (SSSR count). The fourth-order valence-corrected chi connectivity index (χ4v) is 8.60. The summed E-state index contributed by atoms with van der Waals surface area (Å²) < 4.78 is 0. The molecule has 0 unspecified atom stereocenters. The monoisotopic (exact) mass is 332 g/mol. The van der Waals surface area contributed by atoms with Crippen molar-refractivity contribution in [1.29, 1.82) is 0 Å². The third kappa shape index (κ3) is 2.09. The van der Waals surface area contributed by atoms with Gasteiger partial charge in [-0.2, -0.15) is 11.8 Å². The normalized spacial score (nSPS) is 58.0. The maximum Gasteiger partial charge on any atom is 0.0577 e. The largest absolute Gasteiger partial charge is 0.393 e. The van der Waals surface area contributed by atoms with Crippen LogP contribution in [-0.4, -0.2) is 22.2 Å². The van der Waals surface area contributed by atoms with E-state index in [0.29, 0.717) is 10.8 Å². The molecule has 2 heteroatoms. The number of aliphatic hydroxyl groups is 1. The van der Waals surface area contributed by atoms with Gasteiger partial charge in [0, 0.05) is 11.0 Å². The number of thioether (sulfide) groups is 1. The molecule has 3 saturated carbocycles. The molecule has 5 aliphatic rings. The quantitative estimate of drug-likeness (QED) is 0.536. The van der Waals surface area contributed by atoms with Crippen LogP contribution in [0, 0.1) is 34.5 Å². The number of hydrogen-bond donors (Lipinski definition) is 1. The number of allylic oxidation sites excluding steroid dienone is 1. The third-order valence-corrected chi connectivity index (χ3v) is 10.0. The summed E-state index contributed by atoms with van der Waals surface area (Å²) >= 11 is 2.23.